The Balaban J connectivity index is 1.52. The number of fused-ring (bicyclic) bond motifs is 2. The van der Waals surface area contributed by atoms with Crippen LogP contribution in [0.15, 0.2) is 52.1 Å². The molecule has 138 valence electrons. The van der Waals surface area contributed by atoms with Crippen LogP contribution in [0.4, 0.5) is 0 Å². The highest BCUT2D eigenvalue weighted by atomic mass is 32.1. The van der Waals surface area contributed by atoms with E-state index in [2.05, 4.69) is 16.2 Å². The van der Waals surface area contributed by atoms with Crippen molar-refractivity contribution >= 4 is 51.9 Å². The molecule has 0 spiro atoms. The van der Waals surface area contributed by atoms with Crippen LogP contribution in [-0.2, 0) is 0 Å². The average molecular weight is 406 g/mol. The zero-order valence-electron chi connectivity index (χ0n) is 14.9. The highest BCUT2D eigenvalue weighted by Gasteiger charge is 2.18. The second kappa shape index (κ2) is 6.85. The van der Waals surface area contributed by atoms with Crippen LogP contribution in [0.1, 0.15) is 23.2 Å². The normalized spacial score (nSPS) is 17.1. The van der Waals surface area contributed by atoms with Gasteiger partial charge in [-0.25, -0.2) is 0 Å². The summed E-state index contributed by atoms with van der Waals surface area (Å²) in [4.78, 5) is 18.9. The molecule has 7 heteroatoms. The summed E-state index contributed by atoms with van der Waals surface area (Å²) >= 11 is 2.98. The summed E-state index contributed by atoms with van der Waals surface area (Å²) in [6.07, 6.45) is 7.59. The predicted octanol–water partition coefficient (Wildman–Crippen LogP) is 3.75. The third kappa shape index (κ3) is 3.08. The Morgan fingerprint density at radius 3 is 2.89 bits per heavy atom. The van der Waals surface area contributed by atoms with Crippen molar-refractivity contribution in [3.05, 3.63) is 78.5 Å². The number of thiazole rings is 1. The quantitative estimate of drug-likeness (QED) is 0.521. The minimum Gasteiger partial charge on any atom is -0.485 e. The lowest BCUT2D eigenvalue weighted by molar-refractivity contribution is 0.259. The summed E-state index contributed by atoms with van der Waals surface area (Å²) in [5, 5.41) is 6.34. The number of aromatic nitrogens is 3. The van der Waals surface area contributed by atoms with Crippen molar-refractivity contribution in [1.82, 2.24) is 14.6 Å². The Kier molecular flexibility index (Phi) is 4.18. The molecule has 0 bridgehead atoms. The predicted molar refractivity (Wildman–Crippen MR) is 115 cm³/mol. The first-order chi connectivity index (χ1) is 13.7. The van der Waals surface area contributed by atoms with Gasteiger partial charge in [-0.2, -0.15) is 9.50 Å². The maximum absolute atomic E-state index is 12.8. The van der Waals surface area contributed by atoms with Gasteiger partial charge in [-0.05, 0) is 54.3 Å². The van der Waals surface area contributed by atoms with Crippen LogP contribution in [0.25, 0.3) is 29.3 Å². The Hall–Kier alpha value is -3.03. The molecule has 0 N–H and O–H groups in total. The van der Waals surface area contributed by atoms with Crippen LogP contribution in [0.2, 0.25) is 0 Å². The van der Waals surface area contributed by atoms with Gasteiger partial charge in [-0.3, -0.25) is 4.79 Å². The molecule has 0 saturated carbocycles. The summed E-state index contributed by atoms with van der Waals surface area (Å²) in [5.41, 5.74) is 1.81. The summed E-state index contributed by atoms with van der Waals surface area (Å²) < 4.78 is 7.93. The van der Waals surface area contributed by atoms with Crippen LogP contribution >= 0.6 is 22.7 Å². The lowest BCUT2D eigenvalue weighted by Gasteiger charge is -2.22. The molecule has 5 rings (SSSR count). The number of hydrogen-bond donors (Lipinski definition) is 0. The number of thiophene rings is 1. The van der Waals surface area contributed by atoms with Crippen molar-refractivity contribution in [2.24, 2.45) is 0 Å². The number of benzene rings is 1. The Morgan fingerprint density at radius 1 is 1.18 bits per heavy atom. The zero-order chi connectivity index (χ0) is 19.1. The summed E-state index contributed by atoms with van der Waals surface area (Å²) in [5.74, 6) is 1.39. The lowest BCUT2D eigenvalue weighted by atomic mass is 10.0. The lowest BCUT2D eigenvalue weighted by Crippen LogP contribution is -2.26. The van der Waals surface area contributed by atoms with E-state index < -0.39 is 0 Å². The van der Waals surface area contributed by atoms with Crippen molar-refractivity contribution in [2.45, 2.75) is 13.0 Å². The molecular weight excluding hydrogens is 390 g/mol. The van der Waals surface area contributed by atoms with Crippen LogP contribution in [-0.4, -0.2) is 20.7 Å². The van der Waals surface area contributed by atoms with E-state index in [1.807, 2.05) is 66.9 Å². The van der Waals surface area contributed by atoms with E-state index in [0.29, 0.717) is 15.3 Å². The van der Waals surface area contributed by atoms with E-state index in [9.17, 15) is 4.79 Å². The molecule has 3 aromatic heterocycles. The first-order valence-electron chi connectivity index (χ1n) is 8.77. The maximum atomic E-state index is 12.8. The number of hydrogen-bond acceptors (Lipinski definition) is 6. The van der Waals surface area contributed by atoms with Crippen molar-refractivity contribution in [1.29, 1.82) is 0 Å². The Morgan fingerprint density at radius 2 is 2.07 bits per heavy atom. The third-order valence-electron chi connectivity index (χ3n) is 4.45. The van der Waals surface area contributed by atoms with Gasteiger partial charge >= 0.3 is 0 Å². The molecule has 0 fully saturated rings. The third-order valence-corrected chi connectivity index (χ3v) is 6.25. The van der Waals surface area contributed by atoms with Crippen molar-refractivity contribution in [2.75, 3.05) is 0 Å². The van der Waals surface area contributed by atoms with E-state index in [1.54, 1.807) is 11.3 Å². The Labute approximate surface area is 168 Å². The van der Waals surface area contributed by atoms with Gasteiger partial charge in [0.2, 0.25) is 4.96 Å². The van der Waals surface area contributed by atoms with E-state index in [1.165, 1.54) is 15.9 Å². The molecule has 4 aromatic rings. The van der Waals surface area contributed by atoms with Gasteiger partial charge < -0.3 is 4.74 Å². The fourth-order valence-electron chi connectivity index (χ4n) is 3.04. The summed E-state index contributed by atoms with van der Waals surface area (Å²) in [7, 11) is 0. The molecule has 0 radical (unpaired) electrons. The van der Waals surface area contributed by atoms with Gasteiger partial charge in [0.25, 0.3) is 5.56 Å². The smallest absolute Gasteiger partial charge is 0.291 e. The topological polar surface area (TPSA) is 56.5 Å². The first-order valence-corrected chi connectivity index (χ1v) is 10.5. The molecule has 4 heterocycles. The SMILES string of the molecule is C[C@@H]1Oc2ccccc2C=C1/C=c1\sc2nc(/C=C/c3cccs3)nn2c1=O. The van der Waals surface area contributed by atoms with Gasteiger partial charge in [0, 0.05) is 10.4 Å². The molecular formula is C21H15N3O2S2. The van der Waals surface area contributed by atoms with Gasteiger partial charge in [0.05, 0.1) is 4.53 Å². The summed E-state index contributed by atoms with van der Waals surface area (Å²) in [6.45, 7) is 1.98. The molecule has 1 atom stereocenters. The van der Waals surface area contributed by atoms with E-state index in [4.69, 9.17) is 4.74 Å². The molecule has 0 saturated heterocycles. The van der Waals surface area contributed by atoms with E-state index in [-0.39, 0.29) is 11.7 Å². The van der Waals surface area contributed by atoms with Gasteiger partial charge in [0.15, 0.2) is 5.82 Å². The largest absolute Gasteiger partial charge is 0.485 e. The van der Waals surface area contributed by atoms with Crippen LogP contribution in [0.5, 0.6) is 5.75 Å². The number of para-hydroxylation sites is 1. The molecule has 28 heavy (non-hydrogen) atoms. The molecule has 5 nitrogen and oxygen atoms in total. The highest BCUT2D eigenvalue weighted by molar-refractivity contribution is 7.15. The zero-order valence-corrected chi connectivity index (χ0v) is 16.5. The second-order valence-corrected chi connectivity index (χ2v) is 8.36. The van der Waals surface area contributed by atoms with Crippen LogP contribution in [0, 0.1) is 0 Å². The average Bonchev–Trinajstić information content (AvgIpc) is 3.40. The monoisotopic (exact) mass is 405 g/mol. The highest BCUT2D eigenvalue weighted by Crippen LogP contribution is 2.29. The fourth-order valence-corrected chi connectivity index (χ4v) is 4.57. The van der Waals surface area contributed by atoms with Crippen molar-refractivity contribution < 1.29 is 4.74 Å². The molecule has 0 unspecified atom stereocenters. The Bertz CT molecular complexity index is 1330. The minimum atomic E-state index is -0.157. The van der Waals surface area contributed by atoms with E-state index >= 15 is 0 Å². The number of rotatable bonds is 3. The van der Waals surface area contributed by atoms with Gasteiger partial charge in [0.1, 0.15) is 11.9 Å². The van der Waals surface area contributed by atoms with Gasteiger partial charge in [-0.1, -0.05) is 35.6 Å². The molecule has 0 amide bonds. The van der Waals surface area contributed by atoms with E-state index in [0.717, 1.165) is 21.8 Å². The van der Waals surface area contributed by atoms with Crippen molar-refractivity contribution in [3.8, 4) is 5.75 Å². The van der Waals surface area contributed by atoms with Crippen LogP contribution < -0.4 is 14.8 Å². The summed E-state index contributed by atoms with van der Waals surface area (Å²) in [6, 6.07) is 11.9. The standard InChI is InChI=1S/C21H15N3O2S2/c1-13-15(11-14-5-2-3-7-17(14)26-13)12-18-20(25)24-21(28-18)22-19(23-24)9-8-16-6-4-10-27-16/h2-13H,1H3/b9-8+,18-12-/t13-/m0/s1. The minimum absolute atomic E-state index is 0.124. The van der Waals surface area contributed by atoms with Crippen molar-refractivity contribution in [3.63, 3.8) is 0 Å². The first kappa shape index (κ1) is 17.1. The molecule has 1 aliphatic rings. The second-order valence-electron chi connectivity index (χ2n) is 6.37. The number of nitrogens with zero attached hydrogens (tertiary/aromatic N) is 3. The molecule has 0 aliphatic carbocycles. The fraction of sp³-hybridized carbons (Fsp3) is 0.0952. The number of ether oxygens (including phenoxy) is 1. The molecule has 1 aromatic carbocycles. The molecule has 1 aliphatic heterocycles. The van der Waals surface area contributed by atoms with Gasteiger partial charge in [-0.15, -0.1) is 16.4 Å². The maximum Gasteiger partial charge on any atom is 0.291 e. The van der Waals surface area contributed by atoms with Crippen LogP contribution in [0.3, 0.4) is 0 Å².